The first kappa shape index (κ1) is 13.9. The van der Waals surface area contributed by atoms with Crippen molar-refractivity contribution < 1.29 is 4.79 Å². The van der Waals surface area contributed by atoms with Gasteiger partial charge in [-0.1, -0.05) is 50.5 Å². The van der Waals surface area contributed by atoms with Gasteiger partial charge in [-0.05, 0) is 17.5 Å². The van der Waals surface area contributed by atoms with E-state index in [2.05, 4.69) is 6.92 Å². The number of Topliss-reactive ketones (excluding diaryl/α,β-unsaturated/α-hetero) is 1. The molecule has 0 unspecified atom stereocenters. The van der Waals surface area contributed by atoms with Crippen molar-refractivity contribution in [1.29, 1.82) is 0 Å². The molecule has 17 heavy (non-hydrogen) atoms. The van der Waals surface area contributed by atoms with Crippen LogP contribution in [0.25, 0.3) is 0 Å². The molecule has 0 saturated heterocycles. The van der Waals surface area contributed by atoms with E-state index in [4.69, 9.17) is 5.73 Å². The Hall–Kier alpha value is -1.15. The zero-order valence-electron chi connectivity index (χ0n) is 10.7. The zero-order chi connectivity index (χ0) is 12.5. The van der Waals surface area contributed by atoms with Crippen molar-refractivity contribution in [3.8, 4) is 0 Å². The predicted molar refractivity (Wildman–Crippen MR) is 71.8 cm³/mol. The first-order valence-electron chi connectivity index (χ1n) is 6.56. The van der Waals surface area contributed by atoms with Crippen LogP contribution in [0.2, 0.25) is 0 Å². The van der Waals surface area contributed by atoms with Crippen molar-refractivity contribution in [1.82, 2.24) is 0 Å². The average Bonchev–Trinajstić information content (AvgIpc) is 2.35. The van der Waals surface area contributed by atoms with E-state index in [-0.39, 0.29) is 0 Å². The second-order valence-corrected chi connectivity index (χ2v) is 4.50. The summed E-state index contributed by atoms with van der Waals surface area (Å²) in [5, 5.41) is 0. The van der Waals surface area contributed by atoms with E-state index in [0.717, 1.165) is 17.5 Å². The minimum Gasteiger partial charge on any atom is -0.326 e. The number of nitrogens with two attached hydrogens (primary N) is 1. The summed E-state index contributed by atoms with van der Waals surface area (Å²) < 4.78 is 0. The van der Waals surface area contributed by atoms with Gasteiger partial charge in [-0.25, -0.2) is 0 Å². The Morgan fingerprint density at radius 2 is 1.82 bits per heavy atom. The van der Waals surface area contributed by atoms with Gasteiger partial charge in [-0.3, -0.25) is 4.79 Å². The summed E-state index contributed by atoms with van der Waals surface area (Å²) in [7, 11) is 0. The molecule has 1 aromatic carbocycles. The van der Waals surface area contributed by atoms with Gasteiger partial charge in [0.25, 0.3) is 0 Å². The second kappa shape index (κ2) is 8.02. The second-order valence-electron chi connectivity index (χ2n) is 4.50. The van der Waals surface area contributed by atoms with E-state index >= 15 is 0 Å². The lowest BCUT2D eigenvalue weighted by Crippen LogP contribution is -2.07. The topological polar surface area (TPSA) is 43.1 Å². The summed E-state index contributed by atoms with van der Waals surface area (Å²) in [6.45, 7) is 2.69. The Labute approximate surface area is 104 Å². The summed E-state index contributed by atoms with van der Waals surface area (Å²) in [6, 6.07) is 7.95. The van der Waals surface area contributed by atoms with Gasteiger partial charge in [-0.2, -0.15) is 0 Å². The molecule has 2 heteroatoms. The maximum Gasteiger partial charge on any atom is 0.137 e. The molecule has 0 radical (unpaired) electrons. The molecule has 0 aliphatic rings. The molecule has 0 aliphatic carbocycles. The number of hydrogen-bond donors (Lipinski definition) is 1. The van der Waals surface area contributed by atoms with Crippen LogP contribution >= 0.6 is 0 Å². The van der Waals surface area contributed by atoms with Crippen LogP contribution in [0.5, 0.6) is 0 Å². The van der Waals surface area contributed by atoms with Gasteiger partial charge in [0.2, 0.25) is 0 Å². The normalized spacial score (nSPS) is 10.5. The Bertz CT molecular complexity index is 347. The van der Waals surface area contributed by atoms with Crippen LogP contribution in [0.1, 0.15) is 50.2 Å². The lowest BCUT2D eigenvalue weighted by molar-refractivity contribution is -0.118. The highest BCUT2D eigenvalue weighted by molar-refractivity contribution is 5.81. The van der Waals surface area contributed by atoms with Gasteiger partial charge in [0.1, 0.15) is 5.78 Å². The Morgan fingerprint density at radius 3 is 2.47 bits per heavy atom. The maximum absolute atomic E-state index is 11.8. The zero-order valence-corrected chi connectivity index (χ0v) is 10.7. The van der Waals surface area contributed by atoms with Gasteiger partial charge in [0.05, 0.1) is 0 Å². The molecule has 0 aromatic heterocycles. The van der Waals surface area contributed by atoms with Crippen molar-refractivity contribution in [3.05, 3.63) is 35.4 Å². The molecule has 2 N–H and O–H groups in total. The predicted octanol–water partition coefficient (Wildman–Crippen LogP) is 3.23. The molecule has 0 saturated carbocycles. The van der Waals surface area contributed by atoms with Crippen molar-refractivity contribution in [2.24, 2.45) is 5.73 Å². The molecule has 94 valence electrons. The van der Waals surface area contributed by atoms with Gasteiger partial charge >= 0.3 is 0 Å². The van der Waals surface area contributed by atoms with Crippen LogP contribution in [0.4, 0.5) is 0 Å². The van der Waals surface area contributed by atoms with Crippen LogP contribution < -0.4 is 5.73 Å². The highest BCUT2D eigenvalue weighted by atomic mass is 16.1. The fourth-order valence-corrected chi connectivity index (χ4v) is 1.98. The van der Waals surface area contributed by atoms with Crippen LogP contribution in [0.3, 0.4) is 0 Å². The number of hydrogen-bond acceptors (Lipinski definition) is 2. The summed E-state index contributed by atoms with van der Waals surface area (Å²) >= 11 is 0. The van der Waals surface area contributed by atoms with Crippen LogP contribution in [0.15, 0.2) is 24.3 Å². The number of benzene rings is 1. The third-order valence-corrected chi connectivity index (χ3v) is 3.04. The minimum atomic E-state index is 0.335. The number of ketones is 1. The molecular weight excluding hydrogens is 210 g/mol. The molecule has 0 amide bonds. The van der Waals surface area contributed by atoms with Gasteiger partial charge in [0, 0.05) is 19.4 Å². The van der Waals surface area contributed by atoms with Gasteiger partial charge in [-0.15, -0.1) is 0 Å². The molecule has 2 nitrogen and oxygen atoms in total. The number of carbonyl (C=O) groups is 1. The number of rotatable bonds is 8. The van der Waals surface area contributed by atoms with E-state index in [1.165, 1.54) is 19.3 Å². The van der Waals surface area contributed by atoms with E-state index in [1.807, 2.05) is 24.3 Å². The summed E-state index contributed by atoms with van der Waals surface area (Å²) in [6.07, 6.45) is 5.88. The Balaban J connectivity index is 2.39. The van der Waals surface area contributed by atoms with Crippen molar-refractivity contribution in [2.75, 3.05) is 0 Å². The fourth-order valence-electron chi connectivity index (χ4n) is 1.98. The molecule has 0 fully saturated rings. The van der Waals surface area contributed by atoms with Gasteiger partial charge in [0.15, 0.2) is 0 Å². The fraction of sp³-hybridized carbons (Fsp3) is 0.533. The van der Waals surface area contributed by atoms with Crippen LogP contribution in [-0.2, 0) is 17.8 Å². The van der Waals surface area contributed by atoms with E-state index < -0.39 is 0 Å². The quantitative estimate of drug-likeness (QED) is 0.700. The summed E-state index contributed by atoms with van der Waals surface area (Å²) in [4.78, 5) is 11.8. The van der Waals surface area contributed by atoms with Gasteiger partial charge < -0.3 is 5.73 Å². The number of carbonyl (C=O) groups excluding carboxylic acids is 1. The molecule has 0 atom stereocenters. The summed E-state index contributed by atoms with van der Waals surface area (Å²) in [5.41, 5.74) is 7.84. The minimum absolute atomic E-state index is 0.335. The van der Waals surface area contributed by atoms with E-state index in [0.29, 0.717) is 25.2 Å². The van der Waals surface area contributed by atoms with Crippen LogP contribution in [0, 0.1) is 0 Å². The van der Waals surface area contributed by atoms with Crippen molar-refractivity contribution in [2.45, 2.75) is 52.0 Å². The Morgan fingerprint density at radius 1 is 1.12 bits per heavy atom. The third kappa shape index (κ3) is 5.14. The lowest BCUT2D eigenvalue weighted by atomic mass is 9.99. The monoisotopic (exact) mass is 233 g/mol. The number of unbranched alkanes of at least 4 members (excludes halogenated alkanes) is 3. The Kier molecular flexibility index (Phi) is 6.56. The van der Waals surface area contributed by atoms with Crippen molar-refractivity contribution >= 4 is 5.78 Å². The standard InChI is InChI=1S/C15H23NO/c1-2-3-4-5-10-15(17)11-13-8-6-7-9-14(13)12-16/h6-9H,2-5,10-12,16H2,1H3. The molecule has 0 spiro atoms. The highest BCUT2D eigenvalue weighted by Gasteiger charge is 2.06. The largest absolute Gasteiger partial charge is 0.326 e. The molecule has 1 aromatic rings. The molecule has 0 aliphatic heterocycles. The average molecular weight is 233 g/mol. The molecule has 0 bridgehead atoms. The van der Waals surface area contributed by atoms with E-state index in [1.54, 1.807) is 0 Å². The molecular formula is C15H23NO. The van der Waals surface area contributed by atoms with Crippen molar-refractivity contribution in [3.63, 3.8) is 0 Å². The van der Waals surface area contributed by atoms with E-state index in [9.17, 15) is 4.79 Å². The lowest BCUT2D eigenvalue weighted by Gasteiger charge is -2.06. The highest BCUT2D eigenvalue weighted by Crippen LogP contribution is 2.11. The molecule has 1 rings (SSSR count). The first-order valence-corrected chi connectivity index (χ1v) is 6.56. The molecule has 0 heterocycles. The SMILES string of the molecule is CCCCCCC(=O)Cc1ccccc1CN. The first-order chi connectivity index (χ1) is 8.27. The van der Waals surface area contributed by atoms with Crippen LogP contribution in [-0.4, -0.2) is 5.78 Å². The summed E-state index contributed by atoms with van der Waals surface area (Å²) in [5.74, 6) is 0.335. The smallest absolute Gasteiger partial charge is 0.137 e. The maximum atomic E-state index is 11.8. The third-order valence-electron chi connectivity index (χ3n) is 3.04.